The van der Waals surface area contributed by atoms with Crippen LogP contribution in [-0.4, -0.2) is 30.6 Å². The fourth-order valence-electron chi connectivity index (χ4n) is 1.44. The minimum Gasteiger partial charge on any atom is -0.315 e. The molecule has 0 saturated carbocycles. The number of rotatable bonds is 5. The fourth-order valence-corrected chi connectivity index (χ4v) is 3.75. The van der Waals surface area contributed by atoms with Gasteiger partial charge in [-0.2, -0.15) is 5.10 Å². The Bertz CT molecular complexity index is 711. The fraction of sp³-hybridized carbons (Fsp3) is 0.364. The quantitative estimate of drug-likeness (QED) is 0.857. The van der Waals surface area contributed by atoms with Gasteiger partial charge in [-0.1, -0.05) is 0 Å². The molecule has 0 aliphatic carbocycles. The molecule has 7 nitrogen and oxygen atoms in total. The number of sulfonamides is 1. The van der Waals surface area contributed by atoms with Crippen molar-refractivity contribution in [1.82, 2.24) is 20.5 Å². The highest BCUT2D eigenvalue weighted by atomic mass is 32.2. The Morgan fingerprint density at radius 2 is 1.95 bits per heavy atom. The number of thiophene rings is 1. The van der Waals surface area contributed by atoms with E-state index >= 15 is 0 Å². The van der Waals surface area contributed by atoms with E-state index in [0.29, 0.717) is 17.9 Å². The maximum atomic E-state index is 12.2. The normalized spacial score (nSPS) is 11.6. The van der Waals surface area contributed by atoms with Gasteiger partial charge in [0.05, 0.1) is 11.4 Å². The number of hydrogen-bond acceptors (Lipinski definition) is 7. The summed E-state index contributed by atoms with van der Waals surface area (Å²) in [5.41, 5.74) is 1.31. The highest BCUT2D eigenvalue weighted by Crippen LogP contribution is 2.23. The zero-order valence-corrected chi connectivity index (χ0v) is 13.0. The van der Waals surface area contributed by atoms with Gasteiger partial charge in [0, 0.05) is 11.4 Å². The molecule has 0 amide bonds. The lowest BCUT2D eigenvalue weighted by Crippen LogP contribution is -2.15. The zero-order chi connectivity index (χ0) is 14.8. The summed E-state index contributed by atoms with van der Waals surface area (Å²) in [7, 11) is -1.86. The van der Waals surface area contributed by atoms with E-state index in [-0.39, 0.29) is 10.2 Å². The van der Waals surface area contributed by atoms with Crippen LogP contribution in [0.3, 0.4) is 0 Å². The van der Waals surface area contributed by atoms with Crippen LogP contribution in [0.25, 0.3) is 0 Å². The molecule has 2 aromatic rings. The first-order chi connectivity index (χ1) is 9.42. The summed E-state index contributed by atoms with van der Waals surface area (Å²) in [6.45, 7) is 4.14. The van der Waals surface area contributed by atoms with Crippen molar-refractivity contribution >= 4 is 27.3 Å². The van der Waals surface area contributed by atoms with Crippen LogP contribution in [0.2, 0.25) is 0 Å². The third-order valence-corrected chi connectivity index (χ3v) is 5.48. The molecule has 0 bridgehead atoms. The van der Waals surface area contributed by atoms with Crippen molar-refractivity contribution < 1.29 is 8.42 Å². The van der Waals surface area contributed by atoms with E-state index in [2.05, 4.69) is 25.2 Å². The van der Waals surface area contributed by atoms with E-state index < -0.39 is 10.0 Å². The van der Waals surface area contributed by atoms with Crippen LogP contribution in [0.1, 0.15) is 16.3 Å². The Balaban J connectivity index is 2.23. The monoisotopic (exact) mass is 313 g/mol. The third kappa shape index (κ3) is 3.30. The highest BCUT2D eigenvalue weighted by Gasteiger charge is 2.18. The van der Waals surface area contributed by atoms with Gasteiger partial charge in [0.1, 0.15) is 4.21 Å². The average Bonchev–Trinajstić information content (AvgIpc) is 2.83. The van der Waals surface area contributed by atoms with Gasteiger partial charge < -0.3 is 5.32 Å². The number of aromatic nitrogens is 3. The van der Waals surface area contributed by atoms with Crippen LogP contribution in [-0.2, 0) is 16.6 Å². The van der Waals surface area contributed by atoms with Gasteiger partial charge in [-0.25, -0.2) is 18.1 Å². The second-order valence-electron chi connectivity index (χ2n) is 4.16. The molecule has 0 radical (unpaired) electrons. The van der Waals surface area contributed by atoms with Crippen LogP contribution >= 0.6 is 11.3 Å². The van der Waals surface area contributed by atoms with Crippen LogP contribution in [0, 0.1) is 13.8 Å². The Morgan fingerprint density at radius 1 is 1.20 bits per heavy atom. The van der Waals surface area contributed by atoms with Crippen molar-refractivity contribution in [3.05, 3.63) is 28.4 Å². The first-order valence-corrected chi connectivity index (χ1v) is 8.16. The maximum absolute atomic E-state index is 12.2. The topological polar surface area (TPSA) is 96.9 Å². The second kappa shape index (κ2) is 5.81. The number of hydrogen-bond donors (Lipinski definition) is 2. The number of nitrogens with one attached hydrogen (secondary N) is 2. The van der Waals surface area contributed by atoms with Crippen LogP contribution in [0.5, 0.6) is 0 Å². The van der Waals surface area contributed by atoms with Gasteiger partial charge in [-0.15, -0.1) is 16.4 Å². The largest absolute Gasteiger partial charge is 0.315 e. The summed E-state index contributed by atoms with van der Waals surface area (Å²) < 4.78 is 26.9. The molecule has 0 aromatic carbocycles. The summed E-state index contributed by atoms with van der Waals surface area (Å²) in [5, 5.41) is 10.6. The van der Waals surface area contributed by atoms with Gasteiger partial charge in [-0.3, -0.25) is 0 Å². The summed E-state index contributed by atoms with van der Waals surface area (Å²) in [6, 6.07) is 3.34. The van der Waals surface area contributed by atoms with E-state index in [1.807, 2.05) is 0 Å². The molecule has 0 fully saturated rings. The molecule has 2 N–H and O–H groups in total. The lowest BCUT2D eigenvalue weighted by atomic mass is 10.4. The Kier molecular flexibility index (Phi) is 4.31. The van der Waals surface area contributed by atoms with Crippen LogP contribution in [0.15, 0.2) is 16.3 Å². The SMILES string of the molecule is CNCc1ccc(S(=O)(=O)Nc2nnc(C)c(C)n2)s1. The van der Waals surface area contributed by atoms with Crippen molar-refractivity contribution in [1.29, 1.82) is 0 Å². The maximum Gasteiger partial charge on any atom is 0.273 e. The second-order valence-corrected chi connectivity index (χ2v) is 7.24. The molecule has 0 spiro atoms. The average molecular weight is 313 g/mol. The van der Waals surface area contributed by atoms with E-state index in [0.717, 1.165) is 4.88 Å². The summed E-state index contributed by atoms with van der Waals surface area (Å²) in [5.74, 6) is -0.0170. The smallest absolute Gasteiger partial charge is 0.273 e. The van der Waals surface area contributed by atoms with Crippen LogP contribution in [0.4, 0.5) is 5.95 Å². The van der Waals surface area contributed by atoms with Gasteiger partial charge in [0.25, 0.3) is 16.0 Å². The summed E-state index contributed by atoms with van der Waals surface area (Å²) >= 11 is 1.20. The Morgan fingerprint density at radius 3 is 2.60 bits per heavy atom. The lowest BCUT2D eigenvalue weighted by Gasteiger charge is -2.05. The molecule has 2 heterocycles. The molecule has 2 aromatic heterocycles. The number of anilines is 1. The molecule has 0 aliphatic rings. The molecular formula is C11H15N5O2S2. The van der Waals surface area contributed by atoms with E-state index in [1.54, 1.807) is 33.0 Å². The molecule has 2 rings (SSSR count). The third-order valence-electron chi connectivity index (χ3n) is 2.57. The Labute approximate surface area is 121 Å². The molecule has 0 saturated heterocycles. The van der Waals surface area contributed by atoms with Gasteiger partial charge >= 0.3 is 0 Å². The molecule has 0 aliphatic heterocycles. The molecule has 108 valence electrons. The van der Waals surface area contributed by atoms with Crippen molar-refractivity contribution in [3.63, 3.8) is 0 Å². The van der Waals surface area contributed by atoms with Crippen LogP contribution < -0.4 is 10.0 Å². The Hall–Kier alpha value is -1.58. The van der Waals surface area contributed by atoms with Crippen molar-refractivity contribution in [2.75, 3.05) is 11.8 Å². The summed E-state index contributed by atoms with van der Waals surface area (Å²) in [6.07, 6.45) is 0. The number of aryl methyl sites for hydroxylation is 2. The highest BCUT2D eigenvalue weighted by molar-refractivity contribution is 7.94. The molecule has 0 unspecified atom stereocenters. The number of nitrogens with zero attached hydrogens (tertiary/aromatic N) is 3. The predicted octanol–water partition coefficient (Wildman–Crippen LogP) is 1.07. The first-order valence-electron chi connectivity index (χ1n) is 5.86. The summed E-state index contributed by atoms with van der Waals surface area (Å²) in [4.78, 5) is 4.99. The van der Waals surface area contributed by atoms with E-state index in [1.165, 1.54) is 11.3 Å². The molecule has 0 atom stereocenters. The van der Waals surface area contributed by atoms with Crippen molar-refractivity contribution in [2.24, 2.45) is 0 Å². The van der Waals surface area contributed by atoms with Gasteiger partial charge in [0.15, 0.2) is 0 Å². The van der Waals surface area contributed by atoms with Gasteiger partial charge in [0.2, 0.25) is 0 Å². The van der Waals surface area contributed by atoms with E-state index in [4.69, 9.17) is 0 Å². The van der Waals surface area contributed by atoms with Crippen molar-refractivity contribution in [3.8, 4) is 0 Å². The van der Waals surface area contributed by atoms with E-state index in [9.17, 15) is 8.42 Å². The zero-order valence-electron chi connectivity index (χ0n) is 11.3. The minimum atomic E-state index is -3.66. The van der Waals surface area contributed by atoms with Crippen molar-refractivity contribution in [2.45, 2.75) is 24.6 Å². The molecule has 9 heteroatoms. The minimum absolute atomic E-state index is 0.0170. The standard InChI is InChI=1S/C11H15N5O2S2/c1-7-8(2)14-15-11(13-7)16-20(17,18)10-5-4-9(19-10)6-12-3/h4-5,12H,6H2,1-3H3,(H,13,15,16). The first kappa shape index (κ1) is 14.8. The molecule has 20 heavy (non-hydrogen) atoms. The van der Waals surface area contributed by atoms with Gasteiger partial charge in [-0.05, 0) is 33.0 Å². The predicted molar refractivity (Wildman–Crippen MR) is 77.2 cm³/mol. The lowest BCUT2D eigenvalue weighted by molar-refractivity contribution is 0.602. The molecular weight excluding hydrogens is 298 g/mol.